The maximum Gasteiger partial charge on any atom is 0.270 e. The van der Waals surface area contributed by atoms with Gasteiger partial charge >= 0.3 is 0 Å². The second-order valence-electron chi connectivity index (χ2n) is 6.38. The van der Waals surface area contributed by atoms with Crippen LogP contribution in [-0.2, 0) is 6.54 Å². The lowest BCUT2D eigenvalue weighted by Gasteiger charge is -2.28. The van der Waals surface area contributed by atoms with Crippen LogP contribution in [0.4, 0.5) is 5.82 Å². The summed E-state index contributed by atoms with van der Waals surface area (Å²) in [5, 5.41) is 2.95. The average molecular weight is 324 g/mol. The highest BCUT2D eigenvalue weighted by molar-refractivity contribution is 5.92. The Morgan fingerprint density at radius 2 is 1.92 bits per heavy atom. The van der Waals surface area contributed by atoms with Crippen molar-refractivity contribution >= 4 is 11.7 Å². The van der Waals surface area contributed by atoms with E-state index in [-0.39, 0.29) is 5.91 Å². The maximum absolute atomic E-state index is 12.5. The number of amides is 1. The van der Waals surface area contributed by atoms with Crippen LogP contribution in [0.5, 0.6) is 0 Å². The molecule has 0 spiro atoms. The zero-order valence-electron chi connectivity index (χ0n) is 14.4. The van der Waals surface area contributed by atoms with E-state index in [1.807, 2.05) is 38.1 Å². The van der Waals surface area contributed by atoms with Crippen LogP contribution in [0.1, 0.15) is 46.7 Å². The number of aromatic nitrogens is 2. The van der Waals surface area contributed by atoms with Crippen LogP contribution in [-0.4, -0.2) is 29.0 Å². The minimum atomic E-state index is -0.153. The van der Waals surface area contributed by atoms with Crippen LogP contribution in [0.2, 0.25) is 0 Å². The van der Waals surface area contributed by atoms with E-state index >= 15 is 0 Å². The number of nitrogens with zero attached hydrogens (tertiary/aromatic N) is 3. The molecule has 0 unspecified atom stereocenters. The number of hydrogen-bond acceptors (Lipinski definition) is 4. The van der Waals surface area contributed by atoms with Crippen molar-refractivity contribution in [3.63, 3.8) is 0 Å². The molecule has 0 saturated carbocycles. The molecule has 126 valence electrons. The third kappa shape index (κ3) is 4.10. The van der Waals surface area contributed by atoms with E-state index in [2.05, 4.69) is 26.3 Å². The fourth-order valence-electron chi connectivity index (χ4n) is 3.05. The molecule has 1 N–H and O–H groups in total. The summed E-state index contributed by atoms with van der Waals surface area (Å²) in [5.41, 5.74) is 2.72. The number of aryl methyl sites for hydroxylation is 2. The molecule has 0 atom stereocenters. The molecule has 2 heterocycles. The predicted octanol–water partition coefficient (Wildman–Crippen LogP) is 3.01. The Balaban J connectivity index is 1.71. The molecule has 1 aliphatic rings. The number of piperidine rings is 1. The lowest BCUT2D eigenvalue weighted by molar-refractivity contribution is 0.0945. The van der Waals surface area contributed by atoms with E-state index in [0.29, 0.717) is 18.1 Å². The quantitative estimate of drug-likeness (QED) is 0.939. The average Bonchev–Trinajstić information content (AvgIpc) is 2.60. The van der Waals surface area contributed by atoms with Crippen LogP contribution in [0.3, 0.4) is 0 Å². The van der Waals surface area contributed by atoms with Gasteiger partial charge in [0.1, 0.15) is 17.3 Å². The Bertz CT molecular complexity index is 723. The summed E-state index contributed by atoms with van der Waals surface area (Å²) in [5.74, 6) is 1.35. The van der Waals surface area contributed by atoms with Crippen molar-refractivity contribution in [1.29, 1.82) is 0 Å². The molecule has 2 aromatic rings. The summed E-state index contributed by atoms with van der Waals surface area (Å²) >= 11 is 0. The van der Waals surface area contributed by atoms with Crippen LogP contribution >= 0.6 is 0 Å². The second kappa shape index (κ2) is 7.43. The molecule has 1 aromatic heterocycles. The summed E-state index contributed by atoms with van der Waals surface area (Å²) in [6.45, 7) is 6.39. The highest BCUT2D eigenvalue weighted by atomic mass is 16.1. The van der Waals surface area contributed by atoms with Gasteiger partial charge in [0, 0.05) is 25.7 Å². The van der Waals surface area contributed by atoms with Gasteiger partial charge in [-0.3, -0.25) is 4.79 Å². The van der Waals surface area contributed by atoms with Gasteiger partial charge in [-0.05, 0) is 38.7 Å². The molecule has 1 aromatic carbocycles. The van der Waals surface area contributed by atoms with Crippen molar-refractivity contribution < 1.29 is 4.79 Å². The number of rotatable bonds is 4. The molecular weight excluding hydrogens is 300 g/mol. The summed E-state index contributed by atoms with van der Waals surface area (Å²) in [4.78, 5) is 23.5. The molecule has 0 aliphatic carbocycles. The molecular formula is C19H24N4O. The lowest BCUT2D eigenvalue weighted by atomic mass is 10.1. The number of carbonyl (C=O) groups is 1. The van der Waals surface area contributed by atoms with Crippen molar-refractivity contribution in [3.8, 4) is 0 Å². The number of benzene rings is 1. The Morgan fingerprint density at radius 3 is 2.67 bits per heavy atom. The zero-order chi connectivity index (χ0) is 16.9. The smallest absolute Gasteiger partial charge is 0.270 e. The second-order valence-corrected chi connectivity index (χ2v) is 6.38. The van der Waals surface area contributed by atoms with Gasteiger partial charge in [-0.2, -0.15) is 0 Å². The van der Waals surface area contributed by atoms with E-state index < -0.39 is 0 Å². The van der Waals surface area contributed by atoms with E-state index in [1.165, 1.54) is 24.8 Å². The van der Waals surface area contributed by atoms with E-state index in [9.17, 15) is 4.79 Å². The van der Waals surface area contributed by atoms with Crippen LogP contribution < -0.4 is 10.2 Å². The topological polar surface area (TPSA) is 58.1 Å². The molecule has 0 radical (unpaired) electrons. The minimum absolute atomic E-state index is 0.153. The third-order valence-electron chi connectivity index (χ3n) is 4.27. The highest BCUT2D eigenvalue weighted by Crippen LogP contribution is 2.18. The third-order valence-corrected chi connectivity index (χ3v) is 4.27. The van der Waals surface area contributed by atoms with Crippen LogP contribution in [0.25, 0.3) is 0 Å². The van der Waals surface area contributed by atoms with Crippen molar-refractivity contribution in [2.24, 2.45) is 0 Å². The molecule has 5 heteroatoms. The number of nitrogens with one attached hydrogen (secondary N) is 1. The standard InChI is InChI=1S/C19H24N4O/c1-14-7-6-8-16(11-14)13-20-19(24)17-12-18(22-15(2)21-17)23-9-4-3-5-10-23/h6-8,11-12H,3-5,9-10,13H2,1-2H3,(H,20,24). The molecule has 24 heavy (non-hydrogen) atoms. The van der Waals surface area contributed by atoms with Gasteiger partial charge in [0.25, 0.3) is 5.91 Å². The molecule has 1 saturated heterocycles. The Hall–Kier alpha value is -2.43. The van der Waals surface area contributed by atoms with Gasteiger partial charge in [0.15, 0.2) is 0 Å². The SMILES string of the molecule is Cc1cccc(CNC(=O)c2cc(N3CCCCC3)nc(C)n2)c1. The van der Waals surface area contributed by atoms with Crippen molar-refractivity contribution in [1.82, 2.24) is 15.3 Å². The minimum Gasteiger partial charge on any atom is -0.356 e. The number of carbonyl (C=O) groups excluding carboxylic acids is 1. The fraction of sp³-hybridized carbons (Fsp3) is 0.421. The Morgan fingerprint density at radius 1 is 1.12 bits per heavy atom. The van der Waals surface area contributed by atoms with Gasteiger partial charge in [0.05, 0.1) is 0 Å². The fourth-order valence-corrected chi connectivity index (χ4v) is 3.05. The number of anilines is 1. The van der Waals surface area contributed by atoms with Crippen LogP contribution in [0, 0.1) is 13.8 Å². The van der Waals surface area contributed by atoms with Crippen molar-refractivity contribution in [2.45, 2.75) is 39.7 Å². The van der Waals surface area contributed by atoms with E-state index in [1.54, 1.807) is 0 Å². The molecule has 1 amide bonds. The van der Waals surface area contributed by atoms with E-state index in [4.69, 9.17) is 0 Å². The van der Waals surface area contributed by atoms with Gasteiger partial charge < -0.3 is 10.2 Å². The highest BCUT2D eigenvalue weighted by Gasteiger charge is 2.16. The Kier molecular flexibility index (Phi) is 5.08. The number of hydrogen-bond donors (Lipinski definition) is 1. The first-order valence-corrected chi connectivity index (χ1v) is 8.56. The normalized spacial score (nSPS) is 14.5. The van der Waals surface area contributed by atoms with Crippen molar-refractivity contribution in [3.05, 3.63) is 53.0 Å². The van der Waals surface area contributed by atoms with Gasteiger partial charge in [0.2, 0.25) is 0 Å². The zero-order valence-corrected chi connectivity index (χ0v) is 14.4. The first kappa shape index (κ1) is 16.4. The molecule has 1 aliphatic heterocycles. The van der Waals surface area contributed by atoms with Gasteiger partial charge in [-0.25, -0.2) is 9.97 Å². The van der Waals surface area contributed by atoms with Gasteiger partial charge in [-0.15, -0.1) is 0 Å². The Labute approximate surface area is 143 Å². The summed E-state index contributed by atoms with van der Waals surface area (Å²) in [7, 11) is 0. The summed E-state index contributed by atoms with van der Waals surface area (Å²) in [6, 6.07) is 9.94. The largest absolute Gasteiger partial charge is 0.356 e. The summed E-state index contributed by atoms with van der Waals surface area (Å²) < 4.78 is 0. The van der Waals surface area contributed by atoms with Gasteiger partial charge in [-0.1, -0.05) is 29.8 Å². The maximum atomic E-state index is 12.5. The first-order valence-electron chi connectivity index (χ1n) is 8.56. The predicted molar refractivity (Wildman–Crippen MR) is 95.2 cm³/mol. The molecule has 1 fully saturated rings. The molecule has 0 bridgehead atoms. The van der Waals surface area contributed by atoms with Crippen LogP contribution in [0.15, 0.2) is 30.3 Å². The monoisotopic (exact) mass is 324 g/mol. The first-order chi connectivity index (χ1) is 11.6. The van der Waals surface area contributed by atoms with Crippen molar-refractivity contribution in [2.75, 3.05) is 18.0 Å². The molecule has 3 rings (SSSR count). The molecule has 5 nitrogen and oxygen atoms in total. The van der Waals surface area contributed by atoms with E-state index in [0.717, 1.165) is 24.5 Å². The lowest BCUT2D eigenvalue weighted by Crippen LogP contribution is -2.31. The summed E-state index contributed by atoms with van der Waals surface area (Å²) in [6.07, 6.45) is 3.63.